The number of carboxylic acids is 1. The monoisotopic (exact) mass is 255 g/mol. The van der Waals surface area contributed by atoms with Crippen molar-refractivity contribution in [1.82, 2.24) is 0 Å². The van der Waals surface area contributed by atoms with Gasteiger partial charge < -0.3 is 9.84 Å². The van der Waals surface area contributed by atoms with Crippen LogP contribution >= 0.6 is 0 Å². The van der Waals surface area contributed by atoms with Crippen LogP contribution in [0, 0.1) is 11.3 Å². The molecule has 1 aromatic carbocycles. The van der Waals surface area contributed by atoms with Crippen molar-refractivity contribution in [1.29, 1.82) is 5.26 Å². The Bertz CT molecular complexity index is 469. The molecule has 0 saturated heterocycles. The smallest absolute Gasteiger partial charge is 0.387 e. The quantitative estimate of drug-likeness (QED) is 0.847. The zero-order valence-electron chi connectivity index (χ0n) is 9.40. The van der Waals surface area contributed by atoms with E-state index in [0.717, 1.165) is 0 Å². The molecule has 0 fully saturated rings. The van der Waals surface area contributed by atoms with Crippen LogP contribution in [0.2, 0.25) is 0 Å². The Morgan fingerprint density at radius 1 is 1.44 bits per heavy atom. The molecule has 0 saturated carbocycles. The fourth-order valence-corrected chi connectivity index (χ4v) is 1.54. The molecule has 6 heteroatoms. The number of benzene rings is 1. The van der Waals surface area contributed by atoms with E-state index in [4.69, 9.17) is 10.4 Å². The van der Waals surface area contributed by atoms with Crippen molar-refractivity contribution >= 4 is 5.97 Å². The third kappa shape index (κ3) is 4.37. The highest BCUT2D eigenvalue weighted by molar-refractivity contribution is 5.71. The van der Waals surface area contributed by atoms with Crippen LogP contribution in [0.4, 0.5) is 8.78 Å². The summed E-state index contributed by atoms with van der Waals surface area (Å²) in [5.74, 6) is -1.15. The molecule has 0 bridgehead atoms. The molecule has 0 amide bonds. The fourth-order valence-electron chi connectivity index (χ4n) is 1.54. The Kier molecular flexibility index (Phi) is 5.06. The Hall–Kier alpha value is -2.16. The van der Waals surface area contributed by atoms with Gasteiger partial charge in [0, 0.05) is 6.42 Å². The van der Waals surface area contributed by atoms with E-state index in [-0.39, 0.29) is 18.6 Å². The maximum atomic E-state index is 12.0. The molecule has 1 aromatic rings. The number of hydrogen-bond acceptors (Lipinski definition) is 3. The van der Waals surface area contributed by atoms with Crippen LogP contribution in [0.3, 0.4) is 0 Å². The van der Waals surface area contributed by atoms with E-state index < -0.39 is 12.6 Å². The Labute approximate surface area is 102 Å². The number of aryl methyl sites for hydroxylation is 1. The Morgan fingerprint density at radius 2 is 2.17 bits per heavy atom. The summed E-state index contributed by atoms with van der Waals surface area (Å²) < 4.78 is 28.3. The van der Waals surface area contributed by atoms with Gasteiger partial charge in [0.2, 0.25) is 0 Å². The second kappa shape index (κ2) is 6.55. The molecular weight excluding hydrogens is 244 g/mol. The van der Waals surface area contributed by atoms with E-state index in [1.165, 1.54) is 18.2 Å². The summed E-state index contributed by atoms with van der Waals surface area (Å²) in [6.45, 7) is -2.95. The van der Waals surface area contributed by atoms with Crippen LogP contribution in [-0.4, -0.2) is 17.7 Å². The van der Waals surface area contributed by atoms with Crippen LogP contribution in [0.1, 0.15) is 17.5 Å². The summed E-state index contributed by atoms with van der Waals surface area (Å²) in [5, 5.41) is 17.2. The molecule has 18 heavy (non-hydrogen) atoms. The van der Waals surface area contributed by atoms with Gasteiger partial charge >= 0.3 is 12.6 Å². The van der Waals surface area contributed by atoms with Crippen molar-refractivity contribution in [3.8, 4) is 11.8 Å². The standard InChI is InChI=1S/C12H11F2NO3/c13-12(14)18-10-4-3-8(2-1-5-15)9(6-10)7-11(16)17/h3-4,6,12H,1-2,7H2,(H,16,17). The van der Waals surface area contributed by atoms with Gasteiger partial charge in [-0.05, 0) is 29.7 Å². The van der Waals surface area contributed by atoms with Gasteiger partial charge in [-0.15, -0.1) is 0 Å². The predicted molar refractivity (Wildman–Crippen MR) is 58.3 cm³/mol. The van der Waals surface area contributed by atoms with E-state index >= 15 is 0 Å². The molecule has 0 atom stereocenters. The van der Waals surface area contributed by atoms with Crippen molar-refractivity contribution in [2.45, 2.75) is 25.9 Å². The summed E-state index contributed by atoms with van der Waals surface area (Å²) in [6, 6.07) is 6.06. The molecule has 0 unspecified atom stereocenters. The lowest BCUT2D eigenvalue weighted by molar-refractivity contribution is -0.136. The molecule has 0 aliphatic rings. The molecule has 1 rings (SSSR count). The number of alkyl halides is 2. The van der Waals surface area contributed by atoms with Gasteiger partial charge in [-0.1, -0.05) is 6.07 Å². The number of aliphatic carboxylic acids is 1. The van der Waals surface area contributed by atoms with Crippen molar-refractivity contribution in [2.24, 2.45) is 0 Å². The van der Waals surface area contributed by atoms with Crippen molar-refractivity contribution in [2.75, 3.05) is 0 Å². The molecule has 0 heterocycles. The van der Waals surface area contributed by atoms with Gasteiger partial charge in [0.05, 0.1) is 12.5 Å². The summed E-state index contributed by atoms with van der Waals surface area (Å²) in [4.78, 5) is 10.7. The topological polar surface area (TPSA) is 70.3 Å². The maximum Gasteiger partial charge on any atom is 0.387 e. The number of ether oxygens (including phenoxy) is 1. The first-order valence-electron chi connectivity index (χ1n) is 5.18. The number of nitriles is 1. The zero-order chi connectivity index (χ0) is 13.5. The molecule has 96 valence electrons. The fraction of sp³-hybridized carbons (Fsp3) is 0.333. The lowest BCUT2D eigenvalue weighted by Gasteiger charge is -2.10. The average Bonchev–Trinajstić information content (AvgIpc) is 2.26. The maximum absolute atomic E-state index is 12.0. The minimum Gasteiger partial charge on any atom is -0.481 e. The van der Waals surface area contributed by atoms with Crippen molar-refractivity contribution in [3.05, 3.63) is 29.3 Å². The van der Waals surface area contributed by atoms with Crippen LogP contribution in [-0.2, 0) is 17.6 Å². The third-order valence-electron chi connectivity index (χ3n) is 2.25. The molecule has 1 N–H and O–H groups in total. The lowest BCUT2D eigenvalue weighted by atomic mass is 10.0. The third-order valence-corrected chi connectivity index (χ3v) is 2.25. The largest absolute Gasteiger partial charge is 0.481 e. The zero-order valence-corrected chi connectivity index (χ0v) is 9.40. The molecule has 0 radical (unpaired) electrons. The number of rotatable bonds is 6. The summed E-state index contributed by atoms with van der Waals surface area (Å²) >= 11 is 0. The minimum absolute atomic E-state index is 0.0815. The molecule has 4 nitrogen and oxygen atoms in total. The number of carbonyl (C=O) groups is 1. The molecule has 0 aliphatic carbocycles. The highest BCUT2D eigenvalue weighted by Gasteiger charge is 2.11. The first-order chi connectivity index (χ1) is 8.52. The van der Waals surface area contributed by atoms with E-state index in [0.29, 0.717) is 17.5 Å². The van der Waals surface area contributed by atoms with E-state index in [1.54, 1.807) is 0 Å². The van der Waals surface area contributed by atoms with Gasteiger partial charge in [0.15, 0.2) is 0 Å². The highest BCUT2D eigenvalue weighted by Crippen LogP contribution is 2.21. The van der Waals surface area contributed by atoms with Gasteiger partial charge in [-0.3, -0.25) is 4.79 Å². The highest BCUT2D eigenvalue weighted by atomic mass is 19.3. The Balaban J connectivity index is 2.96. The average molecular weight is 255 g/mol. The second-order valence-electron chi connectivity index (χ2n) is 3.54. The molecular formula is C12H11F2NO3. The van der Waals surface area contributed by atoms with E-state index in [1.807, 2.05) is 6.07 Å². The van der Waals surface area contributed by atoms with Gasteiger partial charge in [-0.2, -0.15) is 14.0 Å². The van der Waals surface area contributed by atoms with E-state index in [9.17, 15) is 13.6 Å². The lowest BCUT2D eigenvalue weighted by Crippen LogP contribution is -2.06. The first kappa shape index (κ1) is 13.9. The molecule has 0 aliphatic heterocycles. The SMILES string of the molecule is N#CCCc1ccc(OC(F)F)cc1CC(=O)O. The predicted octanol–water partition coefficient (Wildman–Crippen LogP) is 2.37. The van der Waals surface area contributed by atoms with Crippen LogP contribution < -0.4 is 4.74 Å². The second-order valence-corrected chi connectivity index (χ2v) is 3.54. The summed E-state index contributed by atoms with van der Waals surface area (Å²) in [7, 11) is 0. The van der Waals surface area contributed by atoms with E-state index in [2.05, 4.69) is 4.74 Å². The van der Waals surface area contributed by atoms with Crippen molar-refractivity contribution < 1.29 is 23.4 Å². The molecule has 0 spiro atoms. The number of hydrogen-bond donors (Lipinski definition) is 1. The van der Waals surface area contributed by atoms with Crippen molar-refractivity contribution in [3.63, 3.8) is 0 Å². The van der Waals surface area contributed by atoms with Gasteiger partial charge in [0.1, 0.15) is 5.75 Å². The normalized spacial score (nSPS) is 10.1. The summed E-state index contributed by atoms with van der Waals surface area (Å²) in [5.41, 5.74) is 1.04. The summed E-state index contributed by atoms with van der Waals surface area (Å²) in [6.07, 6.45) is 0.330. The van der Waals surface area contributed by atoms with Crippen LogP contribution in [0.25, 0.3) is 0 Å². The van der Waals surface area contributed by atoms with Crippen LogP contribution in [0.15, 0.2) is 18.2 Å². The van der Waals surface area contributed by atoms with Gasteiger partial charge in [-0.25, -0.2) is 0 Å². The minimum atomic E-state index is -2.95. The molecule has 0 aromatic heterocycles. The number of carboxylic acid groups (broad SMARTS) is 1. The Morgan fingerprint density at radius 3 is 2.72 bits per heavy atom. The van der Waals surface area contributed by atoms with Gasteiger partial charge in [0.25, 0.3) is 0 Å². The van der Waals surface area contributed by atoms with Crippen LogP contribution in [0.5, 0.6) is 5.75 Å². The number of halogens is 2. The number of nitrogens with zero attached hydrogens (tertiary/aromatic N) is 1. The first-order valence-corrected chi connectivity index (χ1v) is 5.18.